The first-order valence-corrected chi connectivity index (χ1v) is 7.40. The zero-order valence-electron chi connectivity index (χ0n) is 11.1. The maximum absolute atomic E-state index is 12.2. The van der Waals surface area contributed by atoms with Crippen LogP contribution in [0, 0.1) is 0 Å². The molecule has 0 atom stereocenters. The summed E-state index contributed by atoms with van der Waals surface area (Å²) < 4.78 is 7.40. The molecule has 0 aliphatic heterocycles. The van der Waals surface area contributed by atoms with E-state index < -0.39 is 0 Å². The predicted molar refractivity (Wildman–Crippen MR) is 89.7 cm³/mol. The third-order valence-corrected chi connectivity index (χ3v) is 3.84. The normalized spacial score (nSPS) is 10.4. The lowest BCUT2D eigenvalue weighted by atomic mass is 10.2. The number of hydrogen-bond donors (Lipinski definition) is 1. The van der Waals surface area contributed by atoms with E-state index in [1.807, 2.05) is 19.2 Å². The molecule has 0 spiro atoms. The molecule has 4 nitrogen and oxygen atoms in total. The Morgan fingerprint density at radius 2 is 2.05 bits per heavy atom. The molecule has 1 aromatic carbocycles. The Bertz CT molecular complexity index is 616. The van der Waals surface area contributed by atoms with E-state index in [0.29, 0.717) is 17.9 Å². The van der Waals surface area contributed by atoms with Gasteiger partial charge >= 0.3 is 0 Å². The van der Waals surface area contributed by atoms with Crippen molar-refractivity contribution in [2.75, 3.05) is 27.2 Å². The van der Waals surface area contributed by atoms with Gasteiger partial charge in [-0.2, -0.15) is 0 Å². The van der Waals surface area contributed by atoms with E-state index in [1.54, 1.807) is 18.0 Å². The summed E-state index contributed by atoms with van der Waals surface area (Å²) in [6.45, 7) is 1.38. The maximum Gasteiger partial charge on any atom is 0.289 e. The van der Waals surface area contributed by atoms with Crippen molar-refractivity contribution in [2.24, 2.45) is 0 Å². The third-order valence-electron chi connectivity index (χ3n) is 2.79. The van der Waals surface area contributed by atoms with Crippen LogP contribution in [0.3, 0.4) is 0 Å². The first kappa shape index (κ1) is 17.5. The second-order valence-electron chi connectivity index (χ2n) is 4.25. The number of furan rings is 1. The zero-order chi connectivity index (χ0) is 14.0. The first-order chi connectivity index (χ1) is 9.02. The number of rotatable bonds is 4. The molecule has 0 saturated carbocycles. The molecule has 0 aliphatic carbocycles. The number of fused-ring (bicyclic) bond motifs is 1. The molecule has 0 aliphatic rings. The van der Waals surface area contributed by atoms with Crippen LogP contribution in [0.4, 0.5) is 0 Å². The first-order valence-electron chi connectivity index (χ1n) is 5.81. The highest BCUT2D eigenvalue weighted by atomic mass is 79.9. The topological polar surface area (TPSA) is 45.5 Å². The number of carbonyl (C=O) groups is 1. The van der Waals surface area contributed by atoms with E-state index in [2.05, 4.69) is 37.2 Å². The van der Waals surface area contributed by atoms with Crippen molar-refractivity contribution in [1.82, 2.24) is 10.2 Å². The monoisotopic (exact) mass is 424 g/mol. The fourth-order valence-corrected chi connectivity index (χ4v) is 3.09. The maximum atomic E-state index is 12.2. The summed E-state index contributed by atoms with van der Waals surface area (Å²) in [5, 5.41) is 3.90. The second kappa shape index (κ2) is 7.45. The van der Waals surface area contributed by atoms with Crippen LogP contribution in [-0.2, 0) is 0 Å². The van der Waals surface area contributed by atoms with Gasteiger partial charge in [-0.25, -0.2) is 0 Å². The van der Waals surface area contributed by atoms with Gasteiger partial charge in [0.05, 0.1) is 4.47 Å². The number of amides is 1. The number of nitrogens with zero attached hydrogens (tertiary/aromatic N) is 1. The summed E-state index contributed by atoms with van der Waals surface area (Å²) in [5.74, 6) is 0.238. The summed E-state index contributed by atoms with van der Waals surface area (Å²) in [6, 6.07) is 5.59. The van der Waals surface area contributed by atoms with Gasteiger partial charge in [0.15, 0.2) is 5.76 Å². The molecule has 0 radical (unpaired) electrons. The molecule has 0 fully saturated rings. The van der Waals surface area contributed by atoms with Gasteiger partial charge in [-0.05, 0) is 41.2 Å². The molecule has 0 saturated heterocycles. The molecule has 20 heavy (non-hydrogen) atoms. The molecule has 7 heteroatoms. The smallest absolute Gasteiger partial charge is 0.289 e. The van der Waals surface area contributed by atoms with Crippen LogP contribution in [0.2, 0.25) is 0 Å². The van der Waals surface area contributed by atoms with Gasteiger partial charge in [0.1, 0.15) is 5.58 Å². The molecule has 0 bridgehead atoms. The summed E-state index contributed by atoms with van der Waals surface area (Å²) in [6.07, 6.45) is 0. The lowest BCUT2D eigenvalue weighted by molar-refractivity contribution is 0.0768. The summed E-state index contributed by atoms with van der Waals surface area (Å²) in [7, 11) is 3.62. The number of halogens is 3. The Kier molecular flexibility index (Phi) is 6.51. The Hall–Kier alpha value is -0.560. The lowest BCUT2D eigenvalue weighted by Crippen LogP contribution is -2.32. The lowest BCUT2D eigenvalue weighted by Gasteiger charge is -2.14. The van der Waals surface area contributed by atoms with Gasteiger partial charge < -0.3 is 14.6 Å². The van der Waals surface area contributed by atoms with Crippen molar-refractivity contribution >= 4 is 61.1 Å². The number of hydrogen-bond acceptors (Lipinski definition) is 3. The highest BCUT2D eigenvalue weighted by Gasteiger charge is 2.17. The van der Waals surface area contributed by atoms with Crippen LogP contribution in [0.25, 0.3) is 11.0 Å². The number of benzene rings is 1. The van der Waals surface area contributed by atoms with Gasteiger partial charge in [0, 0.05) is 30.0 Å². The molecule has 1 heterocycles. The number of nitrogens with one attached hydrogen (secondary N) is 1. The Morgan fingerprint density at radius 3 is 2.70 bits per heavy atom. The molecule has 2 aromatic rings. The van der Waals surface area contributed by atoms with Gasteiger partial charge in [-0.15, -0.1) is 12.4 Å². The third kappa shape index (κ3) is 3.75. The van der Waals surface area contributed by atoms with Crippen LogP contribution >= 0.6 is 44.3 Å². The SMILES string of the molecule is CNCCN(C)C(=O)c1cc2cc(Br)cc(Br)c2o1.Cl. The standard InChI is InChI=1S/C13H14Br2N2O2.ClH/c1-16-3-4-17(2)13(18)11-6-8-5-9(14)7-10(15)12(8)19-11;/h5-7,16H,3-4H2,1-2H3;1H. The van der Waals surface area contributed by atoms with Gasteiger partial charge in [-0.1, -0.05) is 15.9 Å². The van der Waals surface area contributed by atoms with E-state index in [-0.39, 0.29) is 18.3 Å². The Labute approximate surface area is 140 Å². The minimum atomic E-state index is -0.116. The van der Waals surface area contributed by atoms with Crippen molar-refractivity contribution < 1.29 is 9.21 Å². The molecule has 0 unspecified atom stereocenters. The Balaban J connectivity index is 0.00000200. The summed E-state index contributed by atoms with van der Waals surface area (Å²) >= 11 is 6.85. The van der Waals surface area contributed by atoms with Gasteiger partial charge in [0.2, 0.25) is 0 Å². The van der Waals surface area contributed by atoms with Crippen LogP contribution < -0.4 is 5.32 Å². The molecular formula is C13H15Br2ClN2O2. The molecular weight excluding hydrogens is 411 g/mol. The van der Waals surface area contributed by atoms with E-state index >= 15 is 0 Å². The van der Waals surface area contributed by atoms with Crippen molar-refractivity contribution in [3.63, 3.8) is 0 Å². The van der Waals surface area contributed by atoms with Crippen molar-refractivity contribution in [3.8, 4) is 0 Å². The van der Waals surface area contributed by atoms with Crippen molar-refractivity contribution in [2.45, 2.75) is 0 Å². The molecule has 1 N–H and O–H groups in total. The van der Waals surface area contributed by atoms with E-state index in [1.165, 1.54) is 0 Å². The predicted octanol–water partition coefficient (Wildman–Crippen LogP) is 3.67. The van der Waals surface area contributed by atoms with Crippen LogP contribution in [0.5, 0.6) is 0 Å². The second-order valence-corrected chi connectivity index (χ2v) is 6.02. The van der Waals surface area contributed by atoms with Crippen molar-refractivity contribution in [3.05, 3.63) is 32.9 Å². The van der Waals surface area contributed by atoms with E-state index in [4.69, 9.17) is 4.42 Å². The van der Waals surface area contributed by atoms with Gasteiger partial charge in [0.25, 0.3) is 5.91 Å². The minimum absolute atomic E-state index is 0. The van der Waals surface area contributed by atoms with Crippen LogP contribution in [0.1, 0.15) is 10.6 Å². The molecule has 110 valence electrons. The average molecular weight is 427 g/mol. The summed E-state index contributed by atoms with van der Waals surface area (Å²) in [4.78, 5) is 13.8. The Morgan fingerprint density at radius 1 is 1.35 bits per heavy atom. The van der Waals surface area contributed by atoms with Crippen molar-refractivity contribution in [1.29, 1.82) is 0 Å². The largest absolute Gasteiger partial charge is 0.450 e. The van der Waals surface area contributed by atoms with E-state index in [9.17, 15) is 4.79 Å². The average Bonchev–Trinajstić information content (AvgIpc) is 2.79. The molecule has 2 rings (SSSR count). The summed E-state index contributed by atoms with van der Waals surface area (Å²) in [5.41, 5.74) is 0.688. The molecule has 1 aromatic heterocycles. The van der Waals surface area contributed by atoms with E-state index in [0.717, 1.165) is 20.9 Å². The van der Waals surface area contributed by atoms with Crippen LogP contribution in [0.15, 0.2) is 31.6 Å². The highest BCUT2D eigenvalue weighted by molar-refractivity contribution is 9.11. The number of likely N-dealkylation sites (N-methyl/N-ethyl adjacent to an activating group) is 2. The quantitative estimate of drug-likeness (QED) is 0.812. The number of carbonyl (C=O) groups excluding carboxylic acids is 1. The minimum Gasteiger partial charge on any atom is -0.450 e. The molecule has 1 amide bonds. The highest BCUT2D eigenvalue weighted by Crippen LogP contribution is 2.31. The van der Waals surface area contributed by atoms with Gasteiger partial charge in [-0.3, -0.25) is 4.79 Å². The fraction of sp³-hybridized carbons (Fsp3) is 0.308. The zero-order valence-corrected chi connectivity index (χ0v) is 15.1. The van der Waals surface area contributed by atoms with Crippen LogP contribution in [-0.4, -0.2) is 38.0 Å². The fourth-order valence-electron chi connectivity index (χ4n) is 1.75.